The zero-order valence-corrected chi connectivity index (χ0v) is 9.82. The fourth-order valence-electron chi connectivity index (χ4n) is 1.34. The van der Waals surface area contributed by atoms with Gasteiger partial charge in [-0.2, -0.15) is 5.10 Å². The first kappa shape index (κ1) is 11.9. The van der Waals surface area contributed by atoms with Crippen LogP contribution in [0.4, 0.5) is 5.82 Å². The molecule has 0 bridgehead atoms. The van der Waals surface area contributed by atoms with Crippen LogP contribution in [0.15, 0.2) is 12.1 Å². The lowest BCUT2D eigenvalue weighted by Crippen LogP contribution is -2.27. The summed E-state index contributed by atoms with van der Waals surface area (Å²) in [5.41, 5.74) is 1.07. The van der Waals surface area contributed by atoms with Gasteiger partial charge >= 0.3 is 0 Å². The third kappa shape index (κ3) is 3.83. The maximum atomic E-state index is 4.20. The molecule has 0 amide bonds. The highest BCUT2D eigenvalue weighted by molar-refractivity contribution is 5.35. The molecule has 1 N–H and O–H groups in total. The van der Waals surface area contributed by atoms with Gasteiger partial charge in [-0.25, -0.2) is 0 Å². The summed E-state index contributed by atoms with van der Waals surface area (Å²) in [4.78, 5) is 2.10. The molecule has 0 unspecified atom stereocenters. The van der Waals surface area contributed by atoms with Crippen molar-refractivity contribution in [1.29, 1.82) is 0 Å². The van der Waals surface area contributed by atoms with Crippen molar-refractivity contribution in [3.8, 4) is 0 Å². The summed E-state index contributed by atoms with van der Waals surface area (Å²) in [5, 5.41) is 11.5. The van der Waals surface area contributed by atoms with Crippen LogP contribution >= 0.6 is 0 Å². The maximum absolute atomic E-state index is 4.20. The van der Waals surface area contributed by atoms with Gasteiger partial charge in [-0.05, 0) is 25.6 Å². The van der Waals surface area contributed by atoms with Crippen LogP contribution in [0.3, 0.4) is 0 Å². The van der Waals surface area contributed by atoms with E-state index in [1.807, 2.05) is 20.2 Å². The molecule has 1 aromatic heterocycles. The van der Waals surface area contributed by atoms with Gasteiger partial charge in [-0.15, -0.1) is 5.10 Å². The van der Waals surface area contributed by atoms with Crippen molar-refractivity contribution in [2.75, 3.05) is 32.1 Å². The van der Waals surface area contributed by atoms with Gasteiger partial charge in [0.2, 0.25) is 0 Å². The van der Waals surface area contributed by atoms with Crippen molar-refractivity contribution < 1.29 is 0 Å². The Labute approximate surface area is 91.7 Å². The molecule has 84 valence electrons. The van der Waals surface area contributed by atoms with Crippen molar-refractivity contribution in [1.82, 2.24) is 15.5 Å². The van der Waals surface area contributed by atoms with Gasteiger partial charge in [-0.1, -0.05) is 13.3 Å². The molecule has 0 aliphatic heterocycles. The highest BCUT2D eigenvalue weighted by Crippen LogP contribution is 2.07. The van der Waals surface area contributed by atoms with E-state index in [1.165, 1.54) is 0 Å². The van der Waals surface area contributed by atoms with E-state index in [0.29, 0.717) is 0 Å². The van der Waals surface area contributed by atoms with E-state index in [0.717, 1.165) is 37.4 Å². The van der Waals surface area contributed by atoms with Gasteiger partial charge in [0.05, 0.1) is 5.69 Å². The Balaban J connectivity index is 2.54. The number of aryl methyl sites for hydroxylation is 1. The molecule has 0 spiro atoms. The monoisotopic (exact) mass is 208 g/mol. The van der Waals surface area contributed by atoms with Gasteiger partial charge in [0, 0.05) is 20.1 Å². The summed E-state index contributed by atoms with van der Waals surface area (Å²) in [6.45, 7) is 4.04. The molecule has 0 saturated heterocycles. The van der Waals surface area contributed by atoms with E-state index in [1.54, 1.807) is 0 Å². The number of nitrogens with one attached hydrogen (secondary N) is 1. The molecular weight excluding hydrogens is 188 g/mol. The lowest BCUT2D eigenvalue weighted by Gasteiger charge is -2.17. The number of aromatic nitrogens is 2. The summed E-state index contributed by atoms with van der Waals surface area (Å²) in [5.74, 6) is 0.935. The van der Waals surface area contributed by atoms with Crippen LogP contribution in [0.25, 0.3) is 0 Å². The third-order valence-electron chi connectivity index (χ3n) is 2.30. The molecule has 0 aliphatic rings. The van der Waals surface area contributed by atoms with E-state index < -0.39 is 0 Å². The standard InChI is InChI=1S/C11H20N4/c1-4-5-10-6-7-11(14-13-10)15(3)9-8-12-2/h6-7,12H,4-5,8-9H2,1-3H3. The van der Waals surface area contributed by atoms with Crippen LogP contribution in [0.1, 0.15) is 19.0 Å². The minimum absolute atomic E-state index is 0.935. The molecule has 0 fully saturated rings. The Morgan fingerprint density at radius 2 is 2.13 bits per heavy atom. The van der Waals surface area contributed by atoms with Crippen molar-refractivity contribution in [2.45, 2.75) is 19.8 Å². The molecule has 0 saturated carbocycles. The number of hydrogen-bond acceptors (Lipinski definition) is 4. The van der Waals surface area contributed by atoms with Gasteiger partial charge in [0.1, 0.15) is 0 Å². The largest absolute Gasteiger partial charge is 0.357 e. The number of rotatable bonds is 6. The molecule has 4 heteroatoms. The Hall–Kier alpha value is -1.16. The molecule has 4 nitrogen and oxygen atoms in total. The molecule has 0 aromatic carbocycles. The maximum Gasteiger partial charge on any atom is 0.151 e. The van der Waals surface area contributed by atoms with Crippen molar-refractivity contribution >= 4 is 5.82 Å². The Morgan fingerprint density at radius 1 is 1.33 bits per heavy atom. The normalized spacial score (nSPS) is 10.3. The first-order valence-electron chi connectivity index (χ1n) is 5.46. The minimum atomic E-state index is 0.935. The molecule has 1 heterocycles. The van der Waals surface area contributed by atoms with E-state index >= 15 is 0 Å². The molecule has 1 rings (SSSR count). The molecule has 0 aliphatic carbocycles. The van der Waals surface area contributed by atoms with Gasteiger partial charge in [0.15, 0.2) is 5.82 Å². The van der Waals surface area contributed by atoms with Gasteiger partial charge in [-0.3, -0.25) is 0 Å². The van der Waals surface area contributed by atoms with Crippen LogP contribution in [0.2, 0.25) is 0 Å². The van der Waals surface area contributed by atoms with Gasteiger partial charge in [0.25, 0.3) is 0 Å². The quantitative estimate of drug-likeness (QED) is 0.759. The van der Waals surface area contributed by atoms with Crippen LogP contribution in [0.5, 0.6) is 0 Å². The Bertz CT molecular complexity index is 270. The van der Waals surface area contributed by atoms with Crippen molar-refractivity contribution in [3.05, 3.63) is 17.8 Å². The minimum Gasteiger partial charge on any atom is -0.357 e. The second kappa shape index (κ2) is 6.35. The van der Waals surface area contributed by atoms with Crippen molar-refractivity contribution in [2.24, 2.45) is 0 Å². The Morgan fingerprint density at radius 3 is 2.67 bits per heavy atom. The summed E-state index contributed by atoms with van der Waals surface area (Å²) in [6, 6.07) is 4.09. The fourth-order valence-corrected chi connectivity index (χ4v) is 1.34. The van der Waals surface area contributed by atoms with Crippen LogP contribution in [-0.4, -0.2) is 37.4 Å². The van der Waals surface area contributed by atoms with Gasteiger partial charge < -0.3 is 10.2 Å². The second-order valence-electron chi connectivity index (χ2n) is 3.66. The molecular formula is C11H20N4. The topological polar surface area (TPSA) is 41.0 Å². The first-order chi connectivity index (χ1) is 7.27. The summed E-state index contributed by atoms with van der Waals surface area (Å²) < 4.78 is 0. The van der Waals surface area contributed by atoms with Crippen molar-refractivity contribution in [3.63, 3.8) is 0 Å². The van der Waals surface area contributed by atoms with E-state index in [4.69, 9.17) is 0 Å². The Kier molecular flexibility index (Phi) is 5.04. The highest BCUT2D eigenvalue weighted by atomic mass is 15.2. The van der Waals surface area contributed by atoms with E-state index in [-0.39, 0.29) is 0 Å². The molecule has 1 aromatic rings. The number of likely N-dealkylation sites (N-methyl/N-ethyl adjacent to an activating group) is 2. The predicted octanol–water partition coefficient (Wildman–Crippen LogP) is 1.08. The third-order valence-corrected chi connectivity index (χ3v) is 2.30. The zero-order valence-electron chi connectivity index (χ0n) is 9.82. The predicted molar refractivity (Wildman–Crippen MR) is 63.2 cm³/mol. The highest BCUT2D eigenvalue weighted by Gasteiger charge is 2.02. The SMILES string of the molecule is CCCc1ccc(N(C)CCNC)nn1. The second-order valence-corrected chi connectivity index (χ2v) is 3.66. The zero-order chi connectivity index (χ0) is 11.1. The molecule has 0 atom stereocenters. The van der Waals surface area contributed by atoms with E-state index in [2.05, 4.69) is 33.4 Å². The summed E-state index contributed by atoms with van der Waals surface area (Å²) in [7, 11) is 3.98. The molecule has 15 heavy (non-hydrogen) atoms. The lowest BCUT2D eigenvalue weighted by atomic mass is 10.2. The van der Waals surface area contributed by atoms with E-state index in [9.17, 15) is 0 Å². The molecule has 0 radical (unpaired) electrons. The lowest BCUT2D eigenvalue weighted by molar-refractivity contribution is 0.749. The number of nitrogens with zero attached hydrogens (tertiary/aromatic N) is 3. The van der Waals surface area contributed by atoms with Crippen LogP contribution in [0, 0.1) is 0 Å². The van der Waals surface area contributed by atoms with Crippen LogP contribution < -0.4 is 10.2 Å². The van der Waals surface area contributed by atoms with Crippen LogP contribution in [-0.2, 0) is 6.42 Å². The number of anilines is 1. The average Bonchev–Trinajstić information content (AvgIpc) is 2.27. The fraction of sp³-hybridized carbons (Fsp3) is 0.636. The smallest absolute Gasteiger partial charge is 0.151 e. The first-order valence-corrected chi connectivity index (χ1v) is 5.46. The summed E-state index contributed by atoms with van der Waals surface area (Å²) >= 11 is 0. The summed E-state index contributed by atoms with van der Waals surface area (Å²) in [6.07, 6.45) is 2.12. The number of hydrogen-bond donors (Lipinski definition) is 1. The average molecular weight is 208 g/mol.